The number of sulfonamides is 1. The molecule has 0 aromatic carbocycles. The Hall–Kier alpha value is -0.620. The van der Waals surface area contributed by atoms with Gasteiger partial charge in [-0.3, -0.25) is 4.79 Å². The maximum absolute atomic E-state index is 12.0. The van der Waals surface area contributed by atoms with Gasteiger partial charge in [0.25, 0.3) is 0 Å². The quantitative estimate of drug-likeness (QED) is 0.808. The van der Waals surface area contributed by atoms with E-state index < -0.39 is 14.8 Å². The molecule has 2 N–H and O–H groups in total. The molecule has 1 amide bonds. The van der Waals surface area contributed by atoms with Crippen LogP contribution in [0.25, 0.3) is 0 Å². The van der Waals surface area contributed by atoms with Gasteiger partial charge < -0.3 is 5.32 Å². The number of rotatable bonds is 3. The van der Waals surface area contributed by atoms with Crippen molar-refractivity contribution in [1.82, 2.24) is 10.0 Å². The van der Waals surface area contributed by atoms with Gasteiger partial charge in [-0.1, -0.05) is 0 Å². The van der Waals surface area contributed by atoms with Crippen molar-refractivity contribution in [3.05, 3.63) is 0 Å². The Morgan fingerprint density at radius 3 is 2.00 bits per heavy atom. The molecule has 0 unspecified atom stereocenters. The summed E-state index contributed by atoms with van der Waals surface area (Å²) in [4.78, 5) is 11.5. The first-order valence-corrected chi connectivity index (χ1v) is 7.89. The first-order valence-electron chi connectivity index (χ1n) is 6.41. The normalized spacial score (nSPS) is 25.8. The monoisotopic (exact) mass is 276 g/mol. The first-order chi connectivity index (χ1) is 8.17. The molecule has 0 atom stereocenters. The van der Waals surface area contributed by atoms with E-state index in [9.17, 15) is 13.2 Å². The fourth-order valence-electron chi connectivity index (χ4n) is 2.07. The van der Waals surface area contributed by atoms with Gasteiger partial charge in [0.1, 0.15) is 0 Å². The average Bonchev–Trinajstić information content (AvgIpc) is 2.27. The molecular weight excluding hydrogens is 252 g/mol. The van der Waals surface area contributed by atoms with Crippen LogP contribution in [0.15, 0.2) is 0 Å². The molecule has 0 bridgehead atoms. The molecule has 1 saturated carbocycles. The van der Waals surface area contributed by atoms with Crippen molar-refractivity contribution in [2.45, 2.75) is 57.2 Å². The fraction of sp³-hybridized carbons (Fsp3) is 0.917. The predicted molar refractivity (Wildman–Crippen MR) is 71.6 cm³/mol. The Morgan fingerprint density at radius 1 is 1.11 bits per heavy atom. The third-order valence-electron chi connectivity index (χ3n) is 3.47. The van der Waals surface area contributed by atoms with Crippen LogP contribution < -0.4 is 10.0 Å². The van der Waals surface area contributed by atoms with E-state index in [-0.39, 0.29) is 17.9 Å². The molecule has 0 spiro atoms. The molecule has 6 heteroatoms. The highest BCUT2D eigenvalue weighted by atomic mass is 32.2. The lowest BCUT2D eigenvalue weighted by molar-refractivity contribution is -0.125. The number of carbonyl (C=O) groups is 1. The van der Waals surface area contributed by atoms with E-state index in [4.69, 9.17) is 0 Å². The zero-order valence-corrected chi connectivity index (χ0v) is 12.4. The highest BCUT2D eigenvalue weighted by Crippen LogP contribution is 2.26. The molecule has 0 aromatic heterocycles. The summed E-state index contributed by atoms with van der Waals surface area (Å²) in [5.41, 5.74) is 0. The van der Waals surface area contributed by atoms with Crippen LogP contribution in [-0.2, 0) is 14.8 Å². The lowest BCUT2D eigenvalue weighted by atomic mass is 9.86. The molecule has 1 aliphatic rings. The van der Waals surface area contributed by atoms with Gasteiger partial charge in [-0.05, 0) is 46.5 Å². The summed E-state index contributed by atoms with van der Waals surface area (Å²) in [7, 11) is -1.66. The highest BCUT2D eigenvalue weighted by molar-refractivity contribution is 7.90. The summed E-state index contributed by atoms with van der Waals surface area (Å²) < 4.78 is 26.0. The Labute approximate surface area is 110 Å². The Morgan fingerprint density at radius 2 is 1.61 bits per heavy atom. The minimum Gasteiger partial charge on any atom is -0.359 e. The second kappa shape index (κ2) is 5.57. The molecular formula is C12H24N2O3S. The molecule has 106 valence electrons. The van der Waals surface area contributed by atoms with Gasteiger partial charge in [-0.15, -0.1) is 0 Å². The Balaban J connectivity index is 2.53. The largest absolute Gasteiger partial charge is 0.359 e. The fourth-order valence-corrected chi connectivity index (χ4v) is 3.10. The highest BCUT2D eigenvalue weighted by Gasteiger charge is 2.33. The summed E-state index contributed by atoms with van der Waals surface area (Å²) in [6, 6.07) is -0.0323. The third-order valence-corrected chi connectivity index (χ3v) is 5.73. The van der Waals surface area contributed by atoms with Crippen LogP contribution in [0.1, 0.15) is 46.5 Å². The second-order valence-electron chi connectivity index (χ2n) is 5.90. The smallest absolute Gasteiger partial charge is 0.222 e. The third kappa shape index (κ3) is 3.68. The minimum atomic E-state index is -3.29. The minimum absolute atomic E-state index is 0.0323. The van der Waals surface area contributed by atoms with Gasteiger partial charge in [0.05, 0.1) is 4.75 Å². The zero-order valence-electron chi connectivity index (χ0n) is 11.6. The molecule has 1 aliphatic carbocycles. The topological polar surface area (TPSA) is 75.3 Å². The molecule has 5 nitrogen and oxygen atoms in total. The second-order valence-corrected chi connectivity index (χ2v) is 8.36. The molecule has 0 aliphatic heterocycles. The van der Waals surface area contributed by atoms with E-state index in [1.165, 1.54) is 0 Å². The van der Waals surface area contributed by atoms with Gasteiger partial charge in [0.2, 0.25) is 15.9 Å². The number of hydrogen-bond donors (Lipinski definition) is 2. The average molecular weight is 276 g/mol. The van der Waals surface area contributed by atoms with Crippen LogP contribution in [0, 0.1) is 5.92 Å². The van der Waals surface area contributed by atoms with Crippen molar-refractivity contribution < 1.29 is 13.2 Å². The Kier molecular flexibility index (Phi) is 4.78. The van der Waals surface area contributed by atoms with Crippen LogP contribution in [0.3, 0.4) is 0 Å². The van der Waals surface area contributed by atoms with Crippen molar-refractivity contribution >= 4 is 15.9 Å². The van der Waals surface area contributed by atoms with Crippen LogP contribution >= 0.6 is 0 Å². The number of nitrogens with one attached hydrogen (secondary N) is 2. The molecule has 0 saturated heterocycles. The van der Waals surface area contributed by atoms with E-state index in [2.05, 4.69) is 10.0 Å². The maximum Gasteiger partial charge on any atom is 0.222 e. The predicted octanol–water partition coefficient (Wildman–Crippen LogP) is 1.01. The van der Waals surface area contributed by atoms with Crippen LogP contribution in [0.2, 0.25) is 0 Å². The van der Waals surface area contributed by atoms with Crippen molar-refractivity contribution in [2.24, 2.45) is 5.92 Å². The molecule has 1 fully saturated rings. The zero-order chi connectivity index (χ0) is 14.0. The summed E-state index contributed by atoms with van der Waals surface area (Å²) in [6.07, 6.45) is 2.95. The molecule has 1 rings (SSSR count). The summed E-state index contributed by atoms with van der Waals surface area (Å²) in [5.74, 6) is 0.0949. The van der Waals surface area contributed by atoms with Crippen molar-refractivity contribution in [3.63, 3.8) is 0 Å². The molecule has 0 radical (unpaired) electrons. The van der Waals surface area contributed by atoms with Gasteiger partial charge in [0.15, 0.2) is 0 Å². The van der Waals surface area contributed by atoms with E-state index in [0.29, 0.717) is 0 Å². The maximum atomic E-state index is 12.0. The van der Waals surface area contributed by atoms with Crippen molar-refractivity contribution in [1.29, 1.82) is 0 Å². The van der Waals surface area contributed by atoms with Gasteiger partial charge in [-0.25, -0.2) is 13.1 Å². The standard InChI is InChI=1S/C12H24N2O3S/c1-12(2,3)18(16,17)14-10-7-5-9(6-8-10)11(15)13-4/h9-10,14H,5-8H2,1-4H3,(H,13,15). The number of amides is 1. The summed E-state index contributed by atoms with van der Waals surface area (Å²) in [6.45, 7) is 5.06. The number of carbonyl (C=O) groups excluding carboxylic acids is 1. The molecule has 18 heavy (non-hydrogen) atoms. The lowest BCUT2D eigenvalue weighted by Crippen LogP contribution is -2.46. The van der Waals surface area contributed by atoms with Gasteiger partial charge in [-0.2, -0.15) is 0 Å². The van der Waals surface area contributed by atoms with E-state index >= 15 is 0 Å². The van der Waals surface area contributed by atoms with Crippen molar-refractivity contribution in [2.75, 3.05) is 7.05 Å². The van der Waals surface area contributed by atoms with Gasteiger partial charge in [0, 0.05) is 19.0 Å². The van der Waals surface area contributed by atoms with Crippen LogP contribution in [0.4, 0.5) is 0 Å². The van der Waals surface area contributed by atoms with E-state index in [1.54, 1.807) is 27.8 Å². The summed E-state index contributed by atoms with van der Waals surface area (Å²) in [5, 5.41) is 2.64. The van der Waals surface area contributed by atoms with Gasteiger partial charge >= 0.3 is 0 Å². The number of hydrogen-bond acceptors (Lipinski definition) is 3. The van der Waals surface area contributed by atoms with E-state index in [1.807, 2.05) is 0 Å². The SMILES string of the molecule is CNC(=O)C1CCC(NS(=O)(=O)C(C)(C)C)CC1. The van der Waals surface area contributed by atoms with Crippen LogP contribution in [0.5, 0.6) is 0 Å². The van der Waals surface area contributed by atoms with Crippen molar-refractivity contribution in [3.8, 4) is 0 Å². The van der Waals surface area contributed by atoms with E-state index in [0.717, 1.165) is 25.7 Å². The lowest BCUT2D eigenvalue weighted by Gasteiger charge is -2.30. The molecule has 0 heterocycles. The molecule has 0 aromatic rings. The first kappa shape index (κ1) is 15.4. The van der Waals surface area contributed by atoms with Crippen LogP contribution in [-0.4, -0.2) is 32.2 Å². The summed E-state index contributed by atoms with van der Waals surface area (Å²) >= 11 is 0. The Bertz CT molecular complexity index is 390.